The van der Waals surface area contributed by atoms with Crippen molar-refractivity contribution in [3.63, 3.8) is 0 Å². The smallest absolute Gasteiger partial charge is 0.240 e. The Balaban J connectivity index is 1.76. The van der Waals surface area contributed by atoms with Gasteiger partial charge in [0.2, 0.25) is 11.9 Å². The number of nitrogens with zero attached hydrogens (tertiary/aromatic N) is 5. The molecule has 0 aliphatic carbocycles. The van der Waals surface area contributed by atoms with Gasteiger partial charge in [0.05, 0.1) is 5.56 Å². The Kier molecular flexibility index (Phi) is 4.89. The molecule has 0 bridgehead atoms. The third kappa shape index (κ3) is 3.62. The van der Waals surface area contributed by atoms with Gasteiger partial charge >= 0.3 is 0 Å². The van der Waals surface area contributed by atoms with Crippen LogP contribution in [0, 0.1) is 11.8 Å². The topological polar surface area (TPSA) is 83.9 Å². The summed E-state index contributed by atoms with van der Waals surface area (Å²) in [6.45, 7) is 6.43. The molecule has 0 spiro atoms. The lowest BCUT2D eigenvalue weighted by Gasteiger charge is -2.15. The molecule has 2 unspecified atom stereocenters. The Morgan fingerprint density at radius 1 is 1.25 bits per heavy atom. The monoisotopic (exact) mass is 346 g/mol. The van der Waals surface area contributed by atoms with E-state index in [0.29, 0.717) is 29.0 Å². The maximum atomic E-state index is 11.3. The molecule has 0 aromatic carbocycles. The minimum Gasteiger partial charge on any atom is -0.340 e. The number of carbonyl (C=O) groups excluding carboxylic acids is 1. The average molecular weight is 347 g/mol. The van der Waals surface area contributed by atoms with E-state index < -0.39 is 0 Å². The summed E-state index contributed by atoms with van der Waals surface area (Å²) >= 11 is 5.48. The molecule has 1 saturated heterocycles. The van der Waals surface area contributed by atoms with E-state index in [1.165, 1.54) is 0 Å². The number of halogens is 1. The number of alkyl halides is 1. The van der Waals surface area contributed by atoms with Crippen LogP contribution in [0.3, 0.4) is 0 Å². The van der Waals surface area contributed by atoms with Gasteiger partial charge in [-0.25, -0.2) is 19.9 Å². The predicted molar refractivity (Wildman–Crippen MR) is 92.9 cm³/mol. The van der Waals surface area contributed by atoms with Crippen molar-refractivity contribution in [1.82, 2.24) is 19.9 Å². The lowest BCUT2D eigenvalue weighted by molar-refractivity contribution is -0.113. The lowest BCUT2D eigenvalue weighted by atomic mass is 10.0. The van der Waals surface area contributed by atoms with Gasteiger partial charge in [0.1, 0.15) is 11.7 Å². The zero-order valence-electron chi connectivity index (χ0n) is 13.6. The van der Waals surface area contributed by atoms with Crippen molar-refractivity contribution in [3.05, 3.63) is 24.7 Å². The van der Waals surface area contributed by atoms with Crippen molar-refractivity contribution in [3.8, 4) is 11.4 Å². The molecule has 1 aliphatic rings. The summed E-state index contributed by atoms with van der Waals surface area (Å²) in [5.41, 5.74) is 0.695. The number of anilines is 2. The summed E-state index contributed by atoms with van der Waals surface area (Å²) in [6.07, 6.45) is 4.99. The fourth-order valence-electron chi connectivity index (χ4n) is 2.64. The second kappa shape index (κ2) is 7.09. The van der Waals surface area contributed by atoms with E-state index in [0.717, 1.165) is 19.0 Å². The van der Waals surface area contributed by atoms with E-state index in [2.05, 4.69) is 44.0 Å². The molecule has 1 amide bonds. The van der Waals surface area contributed by atoms with Crippen LogP contribution in [-0.2, 0) is 4.79 Å². The third-order valence-electron chi connectivity index (χ3n) is 4.21. The molecule has 24 heavy (non-hydrogen) atoms. The summed E-state index contributed by atoms with van der Waals surface area (Å²) in [4.78, 5) is 30.9. The lowest BCUT2D eigenvalue weighted by Crippen LogP contribution is -2.22. The van der Waals surface area contributed by atoms with E-state index in [1.54, 1.807) is 24.7 Å². The number of hydrogen-bond donors (Lipinski definition) is 1. The quantitative estimate of drug-likeness (QED) is 0.854. The Labute approximate surface area is 145 Å². The predicted octanol–water partition coefficient (Wildman–Crippen LogP) is 2.20. The summed E-state index contributed by atoms with van der Waals surface area (Å²) in [6, 6.07) is 1.61. The standard InChI is InChI=1S/C16H19ClN6O/c1-10-8-23(9-11(10)2)16-19-6-12(7-20-16)15-18-4-3-13(22-15)21-14(24)5-17/h3-4,6-7,10-11H,5,8-9H2,1-2H3,(H,18,21,22,24). The highest BCUT2D eigenvalue weighted by atomic mass is 35.5. The Morgan fingerprint density at radius 2 is 1.92 bits per heavy atom. The molecule has 2 atom stereocenters. The van der Waals surface area contributed by atoms with Gasteiger partial charge in [0.15, 0.2) is 5.82 Å². The largest absolute Gasteiger partial charge is 0.340 e. The van der Waals surface area contributed by atoms with E-state index in [9.17, 15) is 4.79 Å². The average Bonchev–Trinajstić information content (AvgIpc) is 2.94. The number of rotatable bonds is 4. The molecule has 1 fully saturated rings. The molecule has 3 heterocycles. The first-order chi connectivity index (χ1) is 11.6. The Morgan fingerprint density at radius 3 is 2.54 bits per heavy atom. The van der Waals surface area contributed by atoms with Crippen LogP contribution in [0.2, 0.25) is 0 Å². The minimum absolute atomic E-state index is 0.121. The van der Waals surface area contributed by atoms with Crippen LogP contribution in [-0.4, -0.2) is 44.8 Å². The van der Waals surface area contributed by atoms with Gasteiger partial charge in [-0.15, -0.1) is 11.6 Å². The summed E-state index contributed by atoms with van der Waals surface area (Å²) in [7, 11) is 0. The molecule has 0 radical (unpaired) electrons. The molecule has 126 valence electrons. The first kappa shape index (κ1) is 16.6. The second-order valence-corrected chi connectivity index (χ2v) is 6.35. The number of amides is 1. The van der Waals surface area contributed by atoms with E-state index >= 15 is 0 Å². The van der Waals surface area contributed by atoms with Gasteiger partial charge in [-0.1, -0.05) is 13.8 Å². The van der Waals surface area contributed by atoms with Crippen LogP contribution < -0.4 is 10.2 Å². The van der Waals surface area contributed by atoms with Gasteiger partial charge in [0, 0.05) is 31.7 Å². The minimum atomic E-state index is -0.315. The molecular weight excluding hydrogens is 328 g/mol. The van der Waals surface area contributed by atoms with Gasteiger partial charge in [0.25, 0.3) is 0 Å². The van der Waals surface area contributed by atoms with Crippen molar-refractivity contribution in [2.75, 3.05) is 29.2 Å². The number of nitrogens with one attached hydrogen (secondary N) is 1. The molecule has 8 heteroatoms. The summed E-state index contributed by atoms with van der Waals surface area (Å²) in [5.74, 6) is 2.42. The van der Waals surface area contributed by atoms with E-state index in [1.807, 2.05) is 0 Å². The van der Waals surface area contributed by atoms with Gasteiger partial charge in [-0.3, -0.25) is 4.79 Å². The van der Waals surface area contributed by atoms with Gasteiger partial charge < -0.3 is 10.2 Å². The van der Waals surface area contributed by atoms with Gasteiger partial charge in [-0.05, 0) is 17.9 Å². The number of hydrogen-bond acceptors (Lipinski definition) is 6. The molecule has 3 rings (SSSR count). The molecule has 1 N–H and O–H groups in total. The van der Waals surface area contributed by atoms with Crippen LogP contribution >= 0.6 is 11.6 Å². The van der Waals surface area contributed by atoms with Crippen LogP contribution in [0.15, 0.2) is 24.7 Å². The van der Waals surface area contributed by atoms with Crippen molar-refractivity contribution in [2.24, 2.45) is 11.8 Å². The van der Waals surface area contributed by atoms with Crippen LogP contribution in [0.4, 0.5) is 11.8 Å². The molecule has 2 aromatic rings. The Hall–Kier alpha value is -2.28. The van der Waals surface area contributed by atoms with Crippen LogP contribution in [0.25, 0.3) is 11.4 Å². The molecule has 0 saturated carbocycles. The first-order valence-corrected chi connectivity index (χ1v) is 8.36. The zero-order chi connectivity index (χ0) is 17.1. The van der Waals surface area contributed by atoms with Crippen molar-refractivity contribution < 1.29 is 4.79 Å². The highest BCUT2D eigenvalue weighted by Gasteiger charge is 2.27. The van der Waals surface area contributed by atoms with Crippen molar-refractivity contribution in [2.45, 2.75) is 13.8 Å². The second-order valence-electron chi connectivity index (χ2n) is 6.08. The fourth-order valence-corrected chi connectivity index (χ4v) is 2.70. The van der Waals surface area contributed by atoms with Crippen LogP contribution in [0.5, 0.6) is 0 Å². The maximum Gasteiger partial charge on any atom is 0.240 e. The maximum absolute atomic E-state index is 11.3. The third-order valence-corrected chi connectivity index (χ3v) is 4.45. The van der Waals surface area contributed by atoms with Crippen molar-refractivity contribution >= 4 is 29.3 Å². The SMILES string of the molecule is CC1CN(c2ncc(-c3nccc(NC(=O)CCl)n3)cn2)CC1C. The zero-order valence-corrected chi connectivity index (χ0v) is 14.4. The number of carbonyl (C=O) groups is 1. The van der Waals surface area contributed by atoms with E-state index in [4.69, 9.17) is 11.6 Å². The summed E-state index contributed by atoms with van der Waals surface area (Å²) < 4.78 is 0. The first-order valence-electron chi connectivity index (χ1n) is 7.83. The molecule has 2 aromatic heterocycles. The van der Waals surface area contributed by atoms with Crippen LogP contribution in [0.1, 0.15) is 13.8 Å². The molecule has 1 aliphatic heterocycles. The summed E-state index contributed by atoms with van der Waals surface area (Å²) in [5, 5.41) is 2.60. The van der Waals surface area contributed by atoms with Gasteiger partial charge in [-0.2, -0.15) is 0 Å². The normalized spacial score (nSPS) is 20.2. The molecule has 7 nitrogen and oxygen atoms in total. The number of aromatic nitrogens is 4. The fraction of sp³-hybridized carbons (Fsp3) is 0.438. The molecular formula is C16H19ClN6O. The highest BCUT2D eigenvalue weighted by molar-refractivity contribution is 6.29. The van der Waals surface area contributed by atoms with E-state index in [-0.39, 0.29) is 11.8 Å². The van der Waals surface area contributed by atoms with Crippen molar-refractivity contribution in [1.29, 1.82) is 0 Å². The Bertz CT molecular complexity index is 713. The highest BCUT2D eigenvalue weighted by Crippen LogP contribution is 2.25.